The Morgan fingerprint density at radius 2 is 2.19 bits per heavy atom. The van der Waals surface area contributed by atoms with Gasteiger partial charge < -0.3 is 5.73 Å². The third-order valence-corrected chi connectivity index (χ3v) is 5.70. The van der Waals surface area contributed by atoms with Crippen molar-refractivity contribution in [2.75, 3.05) is 5.73 Å². The number of hydrogen-bond acceptors (Lipinski definition) is 5. The average Bonchev–Trinajstić information content (AvgIpc) is 2.77. The van der Waals surface area contributed by atoms with Crippen molar-refractivity contribution in [3.8, 4) is 0 Å². The molecule has 1 atom stereocenters. The second kappa shape index (κ2) is 6.31. The van der Waals surface area contributed by atoms with Gasteiger partial charge in [0.15, 0.2) is 0 Å². The summed E-state index contributed by atoms with van der Waals surface area (Å²) < 4.78 is 27.1. The predicted molar refractivity (Wildman–Crippen MR) is 86.2 cm³/mol. The number of nitrogens with zero attached hydrogens (tertiary/aromatic N) is 1. The molecule has 0 aliphatic rings. The normalized spacial score (nSPS) is 13.3. The molecule has 0 radical (unpaired) electrons. The number of nitrogens with two attached hydrogens (primary N) is 1. The number of nitrogen functional groups attached to an aromatic ring is 1. The number of anilines is 1. The summed E-state index contributed by atoms with van der Waals surface area (Å²) in [6.45, 7) is 3.84. The van der Waals surface area contributed by atoms with Crippen LogP contribution >= 0.6 is 22.9 Å². The van der Waals surface area contributed by atoms with Crippen molar-refractivity contribution in [1.82, 2.24) is 9.71 Å². The van der Waals surface area contributed by atoms with Crippen molar-refractivity contribution in [3.63, 3.8) is 0 Å². The highest BCUT2D eigenvalue weighted by Gasteiger charge is 2.19. The minimum Gasteiger partial charge on any atom is -0.382 e. The summed E-state index contributed by atoms with van der Waals surface area (Å²) in [5.74, 6) is 0.109. The Hall–Kier alpha value is -1.15. The van der Waals surface area contributed by atoms with Crippen LogP contribution in [0, 0.1) is 6.92 Å². The topological polar surface area (TPSA) is 85.1 Å². The van der Waals surface area contributed by atoms with E-state index in [-0.39, 0.29) is 21.8 Å². The average molecular weight is 346 g/mol. The summed E-state index contributed by atoms with van der Waals surface area (Å²) in [6, 6.07) is 5.09. The Bertz CT molecular complexity index is 744. The van der Waals surface area contributed by atoms with Gasteiger partial charge in [-0.2, -0.15) is 0 Å². The van der Waals surface area contributed by atoms with Crippen LogP contribution in [-0.2, 0) is 16.4 Å². The molecule has 1 unspecified atom stereocenters. The zero-order valence-corrected chi connectivity index (χ0v) is 14.0. The second-order valence-electron chi connectivity index (χ2n) is 4.78. The summed E-state index contributed by atoms with van der Waals surface area (Å²) in [4.78, 5) is 6.12. The summed E-state index contributed by atoms with van der Waals surface area (Å²) in [6.07, 6.45) is 1.83. The van der Waals surface area contributed by atoms with Crippen molar-refractivity contribution in [2.24, 2.45) is 0 Å². The molecule has 0 fully saturated rings. The van der Waals surface area contributed by atoms with Crippen molar-refractivity contribution < 1.29 is 8.42 Å². The van der Waals surface area contributed by atoms with Crippen molar-refractivity contribution in [3.05, 3.63) is 39.2 Å². The lowest BCUT2D eigenvalue weighted by Gasteiger charge is -2.13. The van der Waals surface area contributed by atoms with E-state index in [1.54, 1.807) is 11.3 Å². The highest BCUT2D eigenvalue weighted by molar-refractivity contribution is 7.89. The number of thiophene rings is 1. The molecule has 0 saturated heterocycles. The molecule has 2 aromatic heterocycles. The molecule has 5 nitrogen and oxygen atoms in total. The van der Waals surface area contributed by atoms with E-state index in [2.05, 4.69) is 9.71 Å². The minimum atomic E-state index is -3.66. The smallest absolute Gasteiger partial charge is 0.242 e. The molecule has 114 valence electrons. The minimum absolute atomic E-state index is 0.0101. The molecule has 0 aliphatic carbocycles. The molecule has 8 heteroatoms. The molecule has 0 spiro atoms. The highest BCUT2D eigenvalue weighted by atomic mass is 35.5. The molecular formula is C13H16ClN3O2S2. The Labute approximate surface area is 133 Å². The van der Waals surface area contributed by atoms with E-state index in [1.165, 1.54) is 17.1 Å². The van der Waals surface area contributed by atoms with E-state index in [0.29, 0.717) is 6.42 Å². The molecule has 21 heavy (non-hydrogen) atoms. The lowest BCUT2D eigenvalue weighted by atomic mass is 10.2. The lowest BCUT2D eigenvalue weighted by Crippen LogP contribution is -2.34. The van der Waals surface area contributed by atoms with Gasteiger partial charge in [-0.3, -0.25) is 0 Å². The fourth-order valence-electron chi connectivity index (χ4n) is 1.85. The summed E-state index contributed by atoms with van der Waals surface area (Å²) in [5, 5.41) is 0.124. The van der Waals surface area contributed by atoms with Crippen LogP contribution in [-0.4, -0.2) is 19.4 Å². The second-order valence-corrected chi connectivity index (χ2v) is 8.27. The zero-order chi connectivity index (χ0) is 15.6. The van der Waals surface area contributed by atoms with Gasteiger partial charge in [0.25, 0.3) is 0 Å². The lowest BCUT2D eigenvalue weighted by molar-refractivity contribution is 0.560. The maximum absolute atomic E-state index is 12.3. The molecule has 0 amide bonds. The van der Waals surface area contributed by atoms with E-state index in [4.69, 9.17) is 17.3 Å². The molecule has 3 N–H and O–H groups in total. The molecule has 0 aliphatic heterocycles. The SMILES string of the molecule is Cc1ccc(CC(C)NS(=O)(=O)c2cnc(N)c(Cl)c2)s1. The highest BCUT2D eigenvalue weighted by Crippen LogP contribution is 2.21. The van der Waals surface area contributed by atoms with Crippen LogP contribution in [0.4, 0.5) is 5.82 Å². The van der Waals surface area contributed by atoms with E-state index in [0.717, 1.165) is 4.88 Å². The maximum Gasteiger partial charge on any atom is 0.242 e. The third kappa shape index (κ3) is 4.16. The molecule has 0 saturated carbocycles. The molecule has 0 aromatic carbocycles. The Morgan fingerprint density at radius 3 is 2.76 bits per heavy atom. The molecule has 0 bridgehead atoms. The Morgan fingerprint density at radius 1 is 1.48 bits per heavy atom. The van der Waals surface area contributed by atoms with E-state index >= 15 is 0 Å². The predicted octanol–water partition coefficient (Wildman–Crippen LogP) is 2.60. The summed E-state index contributed by atoms with van der Waals surface area (Å²) >= 11 is 7.47. The number of nitrogens with one attached hydrogen (secondary N) is 1. The molecular weight excluding hydrogens is 330 g/mol. The van der Waals surface area contributed by atoms with Crippen molar-refractivity contribution >= 4 is 38.8 Å². The number of aromatic nitrogens is 1. The number of pyridine rings is 1. The van der Waals surface area contributed by atoms with Crippen LogP contribution in [0.1, 0.15) is 16.7 Å². The monoisotopic (exact) mass is 345 g/mol. The third-order valence-electron chi connectivity index (χ3n) is 2.81. The molecule has 2 rings (SSSR count). The van der Waals surface area contributed by atoms with Gasteiger partial charge in [-0.25, -0.2) is 18.1 Å². The van der Waals surface area contributed by atoms with Gasteiger partial charge >= 0.3 is 0 Å². The van der Waals surface area contributed by atoms with Crippen molar-refractivity contribution in [2.45, 2.75) is 31.2 Å². The summed E-state index contributed by atoms with van der Waals surface area (Å²) in [5.41, 5.74) is 5.48. The van der Waals surface area contributed by atoms with Crippen LogP contribution in [0.5, 0.6) is 0 Å². The number of sulfonamides is 1. The number of hydrogen-bond donors (Lipinski definition) is 2. The zero-order valence-electron chi connectivity index (χ0n) is 11.6. The summed E-state index contributed by atoms with van der Waals surface area (Å²) in [7, 11) is -3.66. The van der Waals surface area contributed by atoms with E-state index in [9.17, 15) is 8.42 Å². The number of rotatable bonds is 5. The maximum atomic E-state index is 12.3. The van der Waals surface area contributed by atoms with Crippen LogP contribution in [0.3, 0.4) is 0 Å². The number of aryl methyl sites for hydroxylation is 1. The first-order valence-corrected chi connectivity index (χ1v) is 8.94. The van der Waals surface area contributed by atoms with Gasteiger partial charge in [0.1, 0.15) is 10.7 Å². The van der Waals surface area contributed by atoms with Crippen LogP contribution in [0.2, 0.25) is 5.02 Å². The van der Waals surface area contributed by atoms with E-state index < -0.39 is 10.0 Å². The Kier molecular flexibility index (Phi) is 4.88. The fraction of sp³-hybridized carbons (Fsp3) is 0.308. The molecule has 2 aromatic rings. The van der Waals surface area contributed by atoms with Crippen molar-refractivity contribution in [1.29, 1.82) is 0 Å². The molecule has 2 heterocycles. The van der Waals surface area contributed by atoms with Gasteiger partial charge in [-0.15, -0.1) is 11.3 Å². The first kappa shape index (κ1) is 16.2. The van der Waals surface area contributed by atoms with Gasteiger partial charge in [0, 0.05) is 22.0 Å². The van der Waals surface area contributed by atoms with Gasteiger partial charge in [-0.1, -0.05) is 11.6 Å². The van der Waals surface area contributed by atoms with E-state index in [1.807, 2.05) is 26.0 Å². The van der Waals surface area contributed by atoms with Crippen LogP contribution in [0.15, 0.2) is 29.3 Å². The van der Waals surface area contributed by atoms with Crippen LogP contribution < -0.4 is 10.5 Å². The largest absolute Gasteiger partial charge is 0.382 e. The van der Waals surface area contributed by atoms with Gasteiger partial charge in [0.05, 0.1) is 5.02 Å². The first-order valence-electron chi connectivity index (χ1n) is 6.26. The van der Waals surface area contributed by atoms with Gasteiger partial charge in [0.2, 0.25) is 10.0 Å². The van der Waals surface area contributed by atoms with Gasteiger partial charge in [-0.05, 0) is 38.5 Å². The Balaban J connectivity index is 2.11. The quantitative estimate of drug-likeness (QED) is 0.872. The van der Waals surface area contributed by atoms with Crippen LogP contribution in [0.25, 0.3) is 0 Å². The standard InChI is InChI=1S/C13H16ClN3O2S2/c1-8(5-10-4-3-9(2)20-10)17-21(18,19)11-6-12(14)13(15)16-7-11/h3-4,6-8,17H,5H2,1-2H3,(H2,15,16). The number of halogens is 1. The fourth-order valence-corrected chi connectivity index (χ4v) is 4.31. The first-order chi connectivity index (χ1) is 9.78.